The molecule has 1 N–H and O–H groups in total. The number of nitrogens with one attached hydrogen (secondary N) is 1. The second-order valence-corrected chi connectivity index (χ2v) is 5.31. The molecule has 25 heavy (non-hydrogen) atoms. The predicted molar refractivity (Wildman–Crippen MR) is 89.5 cm³/mol. The molecule has 7 nitrogen and oxygen atoms in total. The zero-order valence-electron chi connectivity index (χ0n) is 13.7. The summed E-state index contributed by atoms with van der Waals surface area (Å²) in [4.78, 5) is 13.5. The number of aromatic nitrogens is 4. The van der Waals surface area contributed by atoms with Crippen LogP contribution < -0.4 is 10.1 Å². The zero-order chi connectivity index (χ0) is 17.8. The first-order chi connectivity index (χ1) is 12.1. The number of tetrazole rings is 1. The Morgan fingerprint density at radius 3 is 2.80 bits per heavy atom. The Labute approximate surface area is 143 Å². The average Bonchev–Trinajstić information content (AvgIpc) is 3.13. The maximum atomic E-state index is 13.6. The number of rotatable bonds is 5. The van der Waals surface area contributed by atoms with Crippen molar-refractivity contribution in [2.45, 2.75) is 13.0 Å². The molecule has 0 spiro atoms. The van der Waals surface area contributed by atoms with Gasteiger partial charge < -0.3 is 10.1 Å². The molecule has 3 aromatic rings. The lowest BCUT2D eigenvalue weighted by molar-refractivity contribution is -0.119. The van der Waals surface area contributed by atoms with E-state index >= 15 is 0 Å². The highest BCUT2D eigenvalue weighted by molar-refractivity contribution is 5.93. The molecule has 1 heterocycles. The second-order valence-electron chi connectivity index (χ2n) is 5.31. The van der Waals surface area contributed by atoms with E-state index < -0.39 is 17.8 Å². The van der Waals surface area contributed by atoms with Crippen LogP contribution in [-0.4, -0.2) is 33.2 Å². The summed E-state index contributed by atoms with van der Waals surface area (Å²) in [6.07, 6.45) is 0. The fourth-order valence-electron chi connectivity index (χ4n) is 2.17. The summed E-state index contributed by atoms with van der Waals surface area (Å²) >= 11 is 0. The molecule has 0 aliphatic carbocycles. The number of carbonyl (C=O) groups is 1. The minimum atomic E-state index is -0.758. The maximum absolute atomic E-state index is 13.6. The first kappa shape index (κ1) is 16.6. The third kappa shape index (κ3) is 3.63. The van der Waals surface area contributed by atoms with E-state index in [-0.39, 0.29) is 5.69 Å². The number of hydrogen-bond acceptors (Lipinski definition) is 5. The Morgan fingerprint density at radius 1 is 1.24 bits per heavy atom. The molecule has 0 fully saturated rings. The third-order valence-electron chi connectivity index (χ3n) is 3.61. The minimum Gasteiger partial charge on any atom is -0.497 e. The van der Waals surface area contributed by atoms with E-state index in [9.17, 15) is 9.18 Å². The fourth-order valence-corrected chi connectivity index (χ4v) is 2.17. The molecule has 0 saturated carbocycles. The highest BCUT2D eigenvalue weighted by Crippen LogP contribution is 2.21. The lowest BCUT2D eigenvalue weighted by Crippen LogP contribution is -2.25. The van der Waals surface area contributed by atoms with Crippen LogP contribution in [0.2, 0.25) is 0 Å². The van der Waals surface area contributed by atoms with Crippen LogP contribution in [0.3, 0.4) is 0 Å². The fraction of sp³-hybridized carbons (Fsp3) is 0.176. The number of anilines is 1. The van der Waals surface area contributed by atoms with Crippen molar-refractivity contribution in [3.8, 4) is 17.1 Å². The number of benzene rings is 2. The van der Waals surface area contributed by atoms with Gasteiger partial charge in [-0.2, -0.15) is 4.80 Å². The van der Waals surface area contributed by atoms with E-state index in [1.807, 2.05) is 12.1 Å². The number of amides is 1. The molecular formula is C17H16FN5O2. The largest absolute Gasteiger partial charge is 0.497 e. The van der Waals surface area contributed by atoms with Gasteiger partial charge in [-0.1, -0.05) is 24.3 Å². The summed E-state index contributed by atoms with van der Waals surface area (Å²) in [5, 5.41) is 14.6. The van der Waals surface area contributed by atoms with E-state index in [1.54, 1.807) is 38.3 Å². The van der Waals surface area contributed by atoms with Crippen LogP contribution in [0.4, 0.5) is 10.1 Å². The van der Waals surface area contributed by atoms with E-state index in [2.05, 4.69) is 20.7 Å². The smallest absolute Gasteiger partial charge is 0.250 e. The molecule has 1 amide bonds. The Balaban J connectivity index is 1.77. The SMILES string of the molecule is COc1cccc(-c2nnn([C@H](C)C(=O)Nc3ccccc3F)n2)c1. The summed E-state index contributed by atoms with van der Waals surface area (Å²) < 4.78 is 18.8. The number of methoxy groups -OCH3 is 1. The number of nitrogens with zero attached hydrogens (tertiary/aromatic N) is 4. The van der Waals surface area contributed by atoms with Crippen molar-refractivity contribution in [3.63, 3.8) is 0 Å². The highest BCUT2D eigenvalue weighted by atomic mass is 19.1. The van der Waals surface area contributed by atoms with Crippen molar-refractivity contribution in [2.75, 3.05) is 12.4 Å². The lowest BCUT2D eigenvalue weighted by Gasteiger charge is -2.11. The van der Waals surface area contributed by atoms with E-state index in [4.69, 9.17) is 4.74 Å². The van der Waals surface area contributed by atoms with Crippen molar-refractivity contribution < 1.29 is 13.9 Å². The topological polar surface area (TPSA) is 81.9 Å². The summed E-state index contributed by atoms with van der Waals surface area (Å²) in [6, 6.07) is 12.4. The molecule has 0 aliphatic rings. The lowest BCUT2D eigenvalue weighted by atomic mass is 10.2. The molecule has 0 radical (unpaired) electrons. The Hall–Kier alpha value is -3.29. The van der Waals surface area contributed by atoms with Gasteiger partial charge in [0.2, 0.25) is 5.82 Å². The van der Waals surface area contributed by atoms with Crippen molar-refractivity contribution in [1.82, 2.24) is 20.2 Å². The standard InChI is InChI=1S/C17H16FN5O2/c1-11(17(24)19-15-9-4-3-8-14(15)18)23-21-16(20-22-23)12-6-5-7-13(10-12)25-2/h3-11H,1-2H3,(H,19,24)/t11-/m1/s1. The quantitative estimate of drug-likeness (QED) is 0.771. The molecule has 0 saturated heterocycles. The molecule has 2 aromatic carbocycles. The normalized spacial score (nSPS) is 11.8. The monoisotopic (exact) mass is 341 g/mol. The number of carbonyl (C=O) groups excluding carboxylic acids is 1. The molecule has 8 heteroatoms. The van der Waals surface area contributed by atoms with Crippen LogP contribution in [0.15, 0.2) is 48.5 Å². The number of halogens is 1. The van der Waals surface area contributed by atoms with Gasteiger partial charge in [-0.3, -0.25) is 4.79 Å². The van der Waals surface area contributed by atoms with Gasteiger partial charge in [-0.25, -0.2) is 4.39 Å². The van der Waals surface area contributed by atoms with Crippen LogP contribution in [0.1, 0.15) is 13.0 Å². The van der Waals surface area contributed by atoms with Gasteiger partial charge in [0.15, 0.2) is 0 Å². The first-order valence-corrected chi connectivity index (χ1v) is 7.58. The van der Waals surface area contributed by atoms with Gasteiger partial charge in [0.1, 0.15) is 17.6 Å². The Kier molecular flexibility index (Phi) is 4.69. The van der Waals surface area contributed by atoms with E-state index in [0.717, 1.165) is 0 Å². The Bertz CT molecular complexity index is 896. The van der Waals surface area contributed by atoms with Gasteiger partial charge >= 0.3 is 0 Å². The van der Waals surface area contributed by atoms with Crippen LogP contribution >= 0.6 is 0 Å². The summed E-state index contributed by atoms with van der Waals surface area (Å²) in [6.45, 7) is 1.60. The highest BCUT2D eigenvalue weighted by Gasteiger charge is 2.20. The van der Waals surface area contributed by atoms with Crippen molar-refractivity contribution in [1.29, 1.82) is 0 Å². The van der Waals surface area contributed by atoms with E-state index in [0.29, 0.717) is 17.1 Å². The molecule has 0 aliphatic heterocycles. The molecule has 0 unspecified atom stereocenters. The van der Waals surface area contributed by atoms with E-state index in [1.165, 1.54) is 16.9 Å². The van der Waals surface area contributed by atoms with Crippen LogP contribution in [0.25, 0.3) is 11.4 Å². The maximum Gasteiger partial charge on any atom is 0.250 e. The second kappa shape index (κ2) is 7.08. The summed E-state index contributed by atoms with van der Waals surface area (Å²) in [5.41, 5.74) is 0.819. The van der Waals surface area contributed by atoms with Crippen molar-refractivity contribution >= 4 is 11.6 Å². The van der Waals surface area contributed by atoms with Gasteiger partial charge in [0.25, 0.3) is 5.91 Å². The van der Waals surface area contributed by atoms with Crippen LogP contribution in [0.5, 0.6) is 5.75 Å². The summed E-state index contributed by atoms with van der Waals surface area (Å²) in [7, 11) is 1.57. The molecule has 3 rings (SSSR count). The third-order valence-corrected chi connectivity index (χ3v) is 3.61. The predicted octanol–water partition coefficient (Wildman–Crippen LogP) is 2.69. The van der Waals surface area contributed by atoms with Crippen LogP contribution in [0, 0.1) is 5.82 Å². The molecule has 1 aromatic heterocycles. The van der Waals surface area contributed by atoms with Crippen molar-refractivity contribution in [2.24, 2.45) is 0 Å². The van der Waals surface area contributed by atoms with Gasteiger partial charge in [0.05, 0.1) is 12.8 Å². The number of para-hydroxylation sites is 1. The summed E-state index contributed by atoms with van der Waals surface area (Å²) in [5.74, 6) is 0.0787. The molecule has 1 atom stereocenters. The number of hydrogen-bond donors (Lipinski definition) is 1. The zero-order valence-corrected chi connectivity index (χ0v) is 13.7. The molecular weight excluding hydrogens is 325 g/mol. The minimum absolute atomic E-state index is 0.104. The van der Waals surface area contributed by atoms with Crippen LogP contribution in [-0.2, 0) is 4.79 Å². The number of ether oxygens (including phenoxy) is 1. The molecule has 0 bridgehead atoms. The average molecular weight is 341 g/mol. The first-order valence-electron chi connectivity index (χ1n) is 7.58. The van der Waals surface area contributed by atoms with Crippen molar-refractivity contribution in [3.05, 3.63) is 54.3 Å². The van der Waals surface area contributed by atoms with Gasteiger partial charge in [-0.05, 0) is 36.4 Å². The van der Waals surface area contributed by atoms with Gasteiger partial charge in [0, 0.05) is 5.56 Å². The molecule has 128 valence electrons. The Morgan fingerprint density at radius 2 is 2.04 bits per heavy atom. The van der Waals surface area contributed by atoms with Gasteiger partial charge in [-0.15, -0.1) is 10.2 Å².